The summed E-state index contributed by atoms with van der Waals surface area (Å²) in [4.78, 5) is 28.7. The molecule has 5 aromatic rings. The van der Waals surface area contributed by atoms with Crippen molar-refractivity contribution in [1.29, 1.82) is 0 Å². The summed E-state index contributed by atoms with van der Waals surface area (Å²) in [5.41, 5.74) is 13.0. The number of rotatable bonds is 13. The van der Waals surface area contributed by atoms with Crippen LogP contribution in [0.4, 0.5) is 5.69 Å². The van der Waals surface area contributed by atoms with Gasteiger partial charge in [0.25, 0.3) is 0 Å². The van der Waals surface area contributed by atoms with Crippen LogP contribution >= 0.6 is 0 Å². The van der Waals surface area contributed by atoms with Crippen molar-refractivity contribution in [2.75, 3.05) is 32.6 Å². The van der Waals surface area contributed by atoms with Crippen molar-refractivity contribution in [1.82, 2.24) is 4.90 Å². The third kappa shape index (κ3) is 7.75. The van der Waals surface area contributed by atoms with E-state index in [9.17, 15) is 9.59 Å². The van der Waals surface area contributed by atoms with E-state index in [1.165, 1.54) is 46.2 Å². The zero-order chi connectivity index (χ0) is 36.0. The molecule has 0 amide bonds. The third-order valence-corrected chi connectivity index (χ3v) is 10.6. The number of ether oxygens (including phenoxy) is 3. The van der Waals surface area contributed by atoms with Gasteiger partial charge in [0.05, 0.1) is 19.8 Å². The van der Waals surface area contributed by atoms with Crippen molar-refractivity contribution in [3.63, 3.8) is 0 Å². The summed E-state index contributed by atoms with van der Waals surface area (Å²) in [5.74, 6) is 0.116. The van der Waals surface area contributed by atoms with Crippen molar-refractivity contribution in [2.45, 2.75) is 58.5 Å². The number of esters is 2. The van der Waals surface area contributed by atoms with Crippen LogP contribution in [-0.4, -0.2) is 44.1 Å². The highest BCUT2D eigenvalue weighted by Crippen LogP contribution is 2.32. The van der Waals surface area contributed by atoms with Gasteiger partial charge in [0, 0.05) is 31.9 Å². The third-order valence-electron chi connectivity index (χ3n) is 10.6. The number of methoxy groups -OCH3 is 2. The summed E-state index contributed by atoms with van der Waals surface area (Å²) in [6.07, 6.45) is 5.39. The normalized spacial score (nSPS) is 13.3. The lowest BCUT2D eigenvalue weighted by Gasteiger charge is -2.16. The molecule has 2 aliphatic rings. The molecule has 0 radical (unpaired) electrons. The molecule has 0 bridgehead atoms. The molecule has 266 valence electrons. The van der Waals surface area contributed by atoms with Gasteiger partial charge in [-0.15, -0.1) is 0 Å². The second-order valence-corrected chi connectivity index (χ2v) is 13.8. The van der Waals surface area contributed by atoms with Gasteiger partial charge in [-0.3, -0.25) is 4.90 Å². The highest BCUT2D eigenvalue weighted by molar-refractivity contribution is 5.97. The van der Waals surface area contributed by atoms with E-state index in [2.05, 4.69) is 64.8 Å². The van der Waals surface area contributed by atoms with Crippen molar-refractivity contribution >= 4 is 17.6 Å². The first-order chi connectivity index (χ1) is 25.4. The number of hydrogen-bond acceptors (Lipinski definition) is 7. The fourth-order valence-electron chi connectivity index (χ4n) is 7.60. The van der Waals surface area contributed by atoms with Crippen LogP contribution in [0.25, 0.3) is 0 Å². The van der Waals surface area contributed by atoms with Crippen molar-refractivity contribution in [3.05, 3.63) is 158 Å². The average Bonchev–Trinajstić information content (AvgIpc) is 3.84. The molecule has 7 heteroatoms. The van der Waals surface area contributed by atoms with Gasteiger partial charge >= 0.3 is 11.9 Å². The van der Waals surface area contributed by atoms with Crippen LogP contribution in [0.15, 0.2) is 97.1 Å². The van der Waals surface area contributed by atoms with E-state index in [-0.39, 0.29) is 11.3 Å². The van der Waals surface area contributed by atoms with Crippen LogP contribution in [0.1, 0.15) is 70.8 Å². The molecule has 52 heavy (non-hydrogen) atoms. The number of carbonyl (C=O) groups is 2. The summed E-state index contributed by atoms with van der Waals surface area (Å²) in [7, 11) is 3.04. The minimum Gasteiger partial charge on any atom is -0.497 e. The minimum atomic E-state index is -0.537. The second kappa shape index (κ2) is 15.9. The van der Waals surface area contributed by atoms with Crippen LogP contribution in [0.5, 0.6) is 11.5 Å². The number of fused-ring (bicyclic) bond motifs is 2. The molecule has 0 aromatic heterocycles. The maximum Gasteiger partial charge on any atom is 0.343 e. The molecule has 0 atom stereocenters. The van der Waals surface area contributed by atoms with Gasteiger partial charge in [-0.2, -0.15) is 0 Å². The predicted molar refractivity (Wildman–Crippen MR) is 205 cm³/mol. The highest BCUT2D eigenvalue weighted by Gasteiger charge is 2.23. The Balaban J connectivity index is 0.981. The van der Waals surface area contributed by atoms with Crippen molar-refractivity contribution in [2.24, 2.45) is 0 Å². The molecule has 0 unspecified atom stereocenters. The van der Waals surface area contributed by atoms with Gasteiger partial charge in [0.15, 0.2) is 0 Å². The first kappa shape index (κ1) is 35.0. The second-order valence-electron chi connectivity index (χ2n) is 13.8. The number of benzene rings is 5. The van der Waals surface area contributed by atoms with E-state index in [1.807, 2.05) is 43.3 Å². The SMILES string of the molecule is COC(=O)c1ccc(CCc2cccc3c2NCC3)c(C)c1OC(=O)c1ccc(CCc2cccc3c2CN(CCc2cccc(OC)c2)C3)cc1. The molecule has 0 spiro atoms. The summed E-state index contributed by atoms with van der Waals surface area (Å²) in [6.45, 7) is 5.79. The van der Waals surface area contributed by atoms with E-state index in [0.29, 0.717) is 5.56 Å². The highest BCUT2D eigenvalue weighted by atomic mass is 16.5. The van der Waals surface area contributed by atoms with Crippen LogP contribution in [-0.2, 0) is 56.4 Å². The van der Waals surface area contributed by atoms with Gasteiger partial charge in [-0.1, -0.05) is 66.7 Å². The summed E-state index contributed by atoms with van der Waals surface area (Å²) in [5, 5.41) is 3.51. The van der Waals surface area contributed by atoms with Crippen molar-refractivity contribution in [3.8, 4) is 11.5 Å². The van der Waals surface area contributed by atoms with E-state index in [4.69, 9.17) is 14.2 Å². The van der Waals surface area contributed by atoms with Crippen LogP contribution in [0.3, 0.4) is 0 Å². The predicted octanol–water partition coefficient (Wildman–Crippen LogP) is 8.11. The van der Waals surface area contributed by atoms with E-state index in [0.717, 1.165) is 87.1 Å². The zero-order valence-corrected chi connectivity index (χ0v) is 30.3. The molecule has 7 rings (SSSR count). The first-order valence-corrected chi connectivity index (χ1v) is 18.2. The molecule has 2 aliphatic heterocycles. The van der Waals surface area contributed by atoms with Gasteiger partial charge in [0.2, 0.25) is 0 Å². The standard InChI is InChI=1S/C45H46N2O5/c1-30-33(19-20-35-9-6-10-36-23-25-46-42(35)36)21-22-40(45(49)51-3)43(30)52-44(48)37-17-14-31(15-18-37)13-16-34-8-5-11-38-28-47(29-41(34)38)26-24-32-7-4-12-39(27-32)50-2/h4-12,14-15,17-18,21-22,27,46H,13,16,19-20,23-26,28-29H2,1-3H3. The van der Waals surface area contributed by atoms with Gasteiger partial charge in [0.1, 0.15) is 17.1 Å². The monoisotopic (exact) mass is 694 g/mol. The fraction of sp³-hybridized carbons (Fsp3) is 0.289. The number of para-hydroxylation sites is 1. The Morgan fingerprint density at radius 1 is 0.712 bits per heavy atom. The maximum absolute atomic E-state index is 13.5. The minimum absolute atomic E-state index is 0.241. The molecule has 5 aromatic carbocycles. The lowest BCUT2D eigenvalue weighted by molar-refractivity contribution is 0.0592. The molecule has 7 nitrogen and oxygen atoms in total. The maximum atomic E-state index is 13.5. The smallest absolute Gasteiger partial charge is 0.343 e. The Bertz CT molecular complexity index is 2090. The Morgan fingerprint density at radius 2 is 1.46 bits per heavy atom. The molecule has 0 saturated heterocycles. The van der Waals surface area contributed by atoms with E-state index in [1.54, 1.807) is 13.2 Å². The van der Waals surface area contributed by atoms with Crippen LogP contribution < -0.4 is 14.8 Å². The quantitative estimate of drug-likeness (QED) is 0.0986. The zero-order valence-electron chi connectivity index (χ0n) is 30.3. The first-order valence-electron chi connectivity index (χ1n) is 18.2. The molecular weight excluding hydrogens is 649 g/mol. The lowest BCUT2D eigenvalue weighted by Crippen LogP contribution is -2.19. The lowest BCUT2D eigenvalue weighted by atomic mass is 9.96. The number of aryl methyl sites for hydroxylation is 4. The van der Waals surface area contributed by atoms with Crippen LogP contribution in [0, 0.1) is 6.92 Å². The average molecular weight is 695 g/mol. The molecular formula is C45H46N2O5. The van der Waals surface area contributed by atoms with Crippen LogP contribution in [0.2, 0.25) is 0 Å². The topological polar surface area (TPSA) is 77.1 Å². The number of anilines is 1. The Labute approximate surface area is 306 Å². The molecule has 2 heterocycles. The molecule has 0 aliphatic carbocycles. The van der Waals surface area contributed by atoms with E-state index < -0.39 is 11.9 Å². The number of nitrogens with zero attached hydrogens (tertiary/aromatic N) is 1. The van der Waals surface area contributed by atoms with Gasteiger partial charge in [-0.05, 0) is 126 Å². The van der Waals surface area contributed by atoms with Crippen molar-refractivity contribution < 1.29 is 23.8 Å². The number of hydrogen-bond donors (Lipinski definition) is 1. The molecule has 1 N–H and O–H groups in total. The summed E-state index contributed by atoms with van der Waals surface area (Å²) >= 11 is 0. The largest absolute Gasteiger partial charge is 0.497 e. The molecule has 0 saturated carbocycles. The molecule has 0 fully saturated rings. The number of carbonyl (C=O) groups excluding carboxylic acids is 2. The van der Waals surface area contributed by atoms with Gasteiger partial charge < -0.3 is 19.5 Å². The summed E-state index contributed by atoms with van der Waals surface area (Å²) in [6, 6.07) is 32.7. The Kier molecular flexibility index (Phi) is 10.7. The number of nitrogens with one attached hydrogen (secondary N) is 1. The van der Waals surface area contributed by atoms with Gasteiger partial charge in [-0.25, -0.2) is 9.59 Å². The summed E-state index contributed by atoms with van der Waals surface area (Å²) < 4.78 is 16.4. The fourth-order valence-corrected chi connectivity index (χ4v) is 7.60. The Morgan fingerprint density at radius 3 is 2.27 bits per heavy atom. The van der Waals surface area contributed by atoms with E-state index >= 15 is 0 Å². The Hall–Kier alpha value is -5.40.